The second-order valence-corrected chi connectivity index (χ2v) is 8.20. The van der Waals surface area contributed by atoms with Gasteiger partial charge in [-0.25, -0.2) is 4.79 Å². The minimum absolute atomic E-state index is 0.0480. The Kier molecular flexibility index (Phi) is 5.26. The molecule has 2 N–H and O–H groups in total. The first kappa shape index (κ1) is 18.8. The van der Waals surface area contributed by atoms with Crippen LogP contribution in [0.4, 0.5) is 0 Å². The van der Waals surface area contributed by atoms with Crippen molar-refractivity contribution in [3.63, 3.8) is 0 Å². The lowest BCUT2D eigenvalue weighted by molar-refractivity contribution is -0.152. The molecule has 0 amide bonds. The fourth-order valence-corrected chi connectivity index (χ4v) is 4.70. The van der Waals surface area contributed by atoms with Crippen molar-refractivity contribution in [3.05, 3.63) is 23.3 Å². The average Bonchev–Trinajstić information content (AvgIpc) is 2.49. The van der Waals surface area contributed by atoms with E-state index < -0.39 is 17.4 Å². The van der Waals surface area contributed by atoms with E-state index in [-0.39, 0.29) is 11.3 Å². The lowest BCUT2D eigenvalue weighted by Crippen LogP contribution is -2.47. The molecule has 4 heteroatoms. The number of hydrogen-bond donors (Lipinski definition) is 2. The summed E-state index contributed by atoms with van der Waals surface area (Å²) < 4.78 is 0. The van der Waals surface area contributed by atoms with E-state index in [2.05, 4.69) is 19.9 Å². The minimum Gasteiger partial charge on any atom is -0.481 e. The molecule has 0 unspecified atom stereocenters. The quantitative estimate of drug-likeness (QED) is 0.566. The van der Waals surface area contributed by atoms with Crippen LogP contribution in [0.25, 0.3) is 0 Å². The number of fused-ring (bicyclic) bond motifs is 1. The maximum Gasteiger partial charge on any atom is 0.328 e. The Labute approximate surface area is 144 Å². The first-order valence-corrected chi connectivity index (χ1v) is 8.95. The van der Waals surface area contributed by atoms with Gasteiger partial charge in [0.2, 0.25) is 0 Å². The Hall–Kier alpha value is -1.58. The predicted octanol–water partition coefficient (Wildman–Crippen LogP) is 4.66. The summed E-state index contributed by atoms with van der Waals surface area (Å²) in [5.74, 6) is -0.998. The molecule has 0 saturated heterocycles. The van der Waals surface area contributed by atoms with Crippen LogP contribution in [-0.4, -0.2) is 22.2 Å². The summed E-state index contributed by atoms with van der Waals surface area (Å²) >= 11 is 0. The lowest BCUT2D eigenvalue weighted by atomic mass is 9.51. The Morgan fingerprint density at radius 3 is 2.54 bits per heavy atom. The number of aliphatic carboxylic acids is 2. The van der Waals surface area contributed by atoms with Gasteiger partial charge in [0.15, 0.2) is 0 Å². The van der Waals surface area contributed by atoms with Crippen LogP contribution in [0.5, 0.6) is 0 Å². The Balaban J connectivity index is 2.29. The summed E-state index contributed by atoms with van der Waals surface area (Å²) in [7, 11) is 0. The monoisotopic (exact) mass is 334 g/mol. The molecule has 2 rings (SSSR count). The second kappa shape index (κ2) is 6.73. The fourth-order valence-electron chi connectivity index (χ4n) is 4.70. The topological polar surface area (TPSA) is 74.6 Å². The third-order valence-electron chi connectivity index (χ3n) is 6.71. The van der Waals surface area contributed by atoms with Gasteiger partial charge in [0.05, 0.1) is 5.41 Å². The highest BCUT2D eigenvalue weighted by atomic mass is 16.4. The molecule has 0 aromatic rings. The molecule has 0 aromatic carbocycles. The predicted molar refractivity (Wildman–Crippen MR) is 93.7 cm³/mol. The van der Waals surface area contributed by atoms with Crippen LogP contribution in [0.3, 0.4) is 0 Å². The molecule has 0 aromatic heterocycles. The second-order valence-electron chi connectivity index (χ2n) is 8.20. The first-order valence-electron chi connectivity index (χ1n) is 8.95. The van der Waals surface area contributed by atoms with E-state index in [9.17, 15) is 14.7 Å². The number of carboxylic acids is 2. The van der Waals surface area contributed by atoms with E-state index in [1.165, 1.54) is 11.6 Å². The number of carboxylic acid groups (broad SMARTS) is 2. The summed E-state index contributed by atoms with van der Waals surface area (Å²) in [4.78, 5) is 22.7. The van der Waals surface area contributed by atoms with Crippen molar-refractivity contribution < 1.29 is 19.8 Å². The minimum atomic E-state index is -0.900. The van der Waals surface area contributed by atoms with E-state index in [1.807, 2.05) is 13.8 Å². The van der Waals surface area contributed by atoms with Crippen molar-refractivity contribution in [3.8, 4) is 0 Å². The molecule has 0 aliphatic heterocycles. The Morgan fingerprint density at radius 1 is 1.29 bits per heavy atom. The maximum atomic E-state index is 11.9. The summed E-state index contributed by atoms with van der Waals surface area (Å²) in [6.45, 7) is 8.26. The molecule has 2 aliphatic carbocycles. The number of carbonyl (C=O) groups is 2. The number of hydrogen-bond acceptors (Lipinski definition) is 2. The summed E-state index contributed by atoms with van der Waals surface area (Å²) in [6, 6.07) is 0. The van der Waals surface area contributed by atoms with Gasteiger partial charge in [0.25, 0.3) is 0 Å². The third kappa shape index (κ3) is 3.28. The van der Waals surface area contributed by atoms with Crippen molar-refractivity contribution in [1.29, 1.82) is 0 Å². The Morgan fingerprint density at radius 2 is 1.96 bits per heavy atom. The van der Waals surface area contributed by atoms with Gasteiger partial charge >= 0.3 is 11.9 Å². The highest BCUT2D eigenvalue weighted by Crippen LogP contribution is 2.58. The molecular weight excluding hydrogens is 304 g/mol. The molecule has 4 nitrogen and oxygen atoms in total. The highest BCUT2D eigenvalue weighted by molar-refractivity contribution is 5.80. The Bertz CT molecular complexity index is 588. The van der Waals surface area contributed by atoms with Gasteiger partial charge in [-0.15, -0.1) is 0 Å². The van der Waals surface area contributed by atoms with Crippen LogP contribution in [0, 0.1) is 22.7 Å². The summed E-state index contributed by atoms with van der Waals surface area (Å²) in [5.41, 5.74) is 1.46. The van der Waals surface area contributed by atoms with E-state index in [4.69, 9.17) is 5.11 Å². The van der Waals surface area contributed by atoms with Gasteiger partial charge < -0.3 is 10.2 Å². The number of allylic oxidation sites excluding steroid dienone is 3. The van der Waals surface area contributed by atoms with E-state index in [0.29, 0.717) is 12.3 Å². The smallest absolute Gasteiger partial charge is 0.328 e. The zero-order valence-corrected chi connectivity index (χ0v) is 15.3. The molecule has 24 heavy (non-hydrogen) atoms. The van der Waals surface area contributed by atoms with Gasteiger partial charge in [-0.05, 0) is 69.6 Å². The zero-order chi connectivity index (χ0) is 18.1. The molecule has 0 spiro atoms. The van der Waals surface area contributed by atoms with Crippen molar-refractivity contribution in [2.24, 2.45) is 22.7 Å². The molecule has 4 atom stereocenters. The van der Waals surface area contributed by atoms with Crippen LogP contribution in [0.2, 0.25) is 0 Å². The van der Waals surface area contributed by atoms with Gasteiger partial charge in [0.1, 0.15) is 0 Å². The van der Waals surface area contributed by atoms with Crippen molar-refractivity contribution in [2.45, 2.75) is 66.2 Å². The van der Waals surface area contributed by atoms with Gasteiger partial charge in [0, 0.05) is 6.08 Å². The van der Waals surface area contributed by atoms with Crippen molar-refractivity contribution in [1.82, 2.24) is 0 Å². The molecule has 134 valence electrons. The first-order chi connectivity index (χ1) is 11.1. The molecule has 1 saturated carbocycles. The van der Waals surface area contributed by atoms with E-state index in [1.54, 1.807) is 0 Å². The molecule has 2 aliphatic rings. The SMILES string of the molecule is C/C(=C/C(=O)O)CC[C@]1(C)C2=CCC[C@](C)(C(=O)O)[C@@H]2CC[C@H]1C. The number of rotatable bonds is 5. The van der Waals surface area contributed by atoms with Gasteiger partial charge in [-0.2, -0.15) is 0 Å². The molecule has 1 fully saturated rings. The van der Waals surface area contributed by atoms with Gasteiger partial charge in [-0.3, -0.25) is 4.79 Å². The normalized spacial score (nSPS) is 36.7. The van der Waals surface area contributed by atoms with Crippen LogP contribution >= 0.6 is 0 Å². The third-order valence-corrected chi connectivity index (χ3v) is 6.71. The molecular formula is C20H30O4. The lowest BCUT2D eigenvalue weighted by Gasteiger charge is -2.52. The van der Waals surface area contributed by atoms with E-state index in [0.717, 1.165) is 37.7 Å². The standard InChI is InChI=1S/C20H30O4/c1-13(12-17(21)22)9-11-19(3)14(2)7-8-16-15(19)6-5-10-20(16,4)18(23)24/h6,12,14,16H,5,7-11H2,1-4H3,(H,21,22)(H,23,24)/b13-12-/t14-,16-,19+,20+/m1/s1. The van der Waals surface area contributed by atoms with Crippen LogP contribution in [-0.2, 0) is 9.59 Å². The average molecular weight is 334 g/mol. The van der Waals surface area contributed by atoms with Crippen LogP contribution < -0.4 is 0 Å². The molecule has 0 radical (unpaired) electrons. The largest absolute Gasteiger partial charge is 0.481 e. The van der Waals surface area contributed by atoms with Crippen LogP contribution in [0.1, 0.15) is 66.2 Å². The van der Waals surface area contributed by atoms with Crippen LogP contribution in [0.15, 0.2) is 23.3 Å². The maximum absolute atomic E-state index is 11.9. The summed E-state index contributed by atoms with van der Waals surface area (Å²) in [5, 5.41) is 18.7. The molecule has 0 bridgehead atoms. The van der Waals surface area contributed by atoms with E-state index >= 15 is 0 Å². The van der Waals surface area contributed by atoms with Gasteiger partial charge in [-0.1, -0.05) is 31.1 Å². The zero-order valence-electron chi connectivity index (χ0n) is 15.3. The fraction of sp³-hybridized carbons (Fsp3) is 0.700. The van der Waals surface area contributed by atoms with Crippen molar-refractivity contribution >= 4 is 11.9 Å². The van der Waals surface area contributed by atoms with Crippen molar-refractivity contribution in [2.75, 3.05) is 0 Å². The molecule has 0 heterocycles. The highest BCUT2D eigenvalue weighted by Gasteiger charge is 2.52. The summed E-state index contributed by atoms with van der Waals surface area (Å²) in [6.07, 6.45) is 8.67.